The Hall–Kier alpha value is -2.54. The maximum Gasteiger partial charge on any atom is 0.416 e. The Morgan fingerprint density at radius 3 is 2.40 bits per heavy atom. The van der Waals surface area contributed by atoms with E-state index in [-0.39, 0.29) is 23.4 Å². The monoisotopic (exact) mass is 353 g/mol. The number of halogens is 3. The minimum atomic E-state index is -4.45. The molecule has 0 spiro atoms. The van der Waals surface area contributed by atoms with Gasteiger partial charge in [-0.05, 0) is 43.3 Å². The first-order valence-corrected chi connectivity index (χ1v) is 7.54. The molecule has 4 nitrogen and oxygen atoms in total. The second-order valence-corrected chi connectivity index (χ2v) is 5.49. The number of methoxy groups -OCH3 is 1. The lowest BCUT2D eigenvalue weighted by atomic mass is 10.2. The Bertz CT molecular complexity index is 732. The molecule has 1 atom stereocenters. The van der Waals surface area contributed by atoms with E-state index in [4.69, 9.17) is 9.47 Å². The van der Waals surface area contributed by atoms with Crippen molar-refractivity contribution in [3.8, 4) is 11.5 Å². The molecular weight excluding hydrogens is 335 g/mol. The van der Waals surface area contributed by atoms with Gasteiger partial charge in [0.25, 0.3) is 5.91 Å². The summed E-state index contributed by atoms with van der Waals surface area (Å²) in [5, 5.41) is 2.75. The second kappa shape index (κ2) is 8.02. The SMILES string of the molecule is COC[C@@H](C)NC(=O)c1cccc(Oc2cccc(C(F)(F)F)c2)c1. The number of alkyl halides is 3. The topological polar surface area (TPSA) is 47.6 Å². The molecule has 134 valence electrons. The van der Waals surface area contributed by atoms with E-state index in [2.05, 4.69) is 5.32 Å². The summed E-state index contributed by atoms with van der Waals surface area (Å²) in [4.78, 5) is 12.1. The molecule has 0 saturated heterocycles. The Kier molecular flexibility index (Phi) is 6.03. The summed E-state index contributed by atoms with van der Waals surface area (Å²) in [5.41, 5.74) is -0.459. The fourth-order valence-electron chi connectivity index (χ4n) is 2.17. The van der Waals surface area contributed by atoms with Crippen LogP contribution in [-0.4, -0.2) is 25.7 Å². The van der Waals surface area contributed by atoms with Crippen molar-refractivity contribution < 1.29 is 27.4 Å². The van der Waals surface area contributed by atoms with Crippen molar-refractivity contribution in [3.63, 3.8) is 0 Å². The maximum absolute atomic E-state index is 12.7. The fourth-order valence-corrected chi connectivity index (χ4v) is 2.17. The first-order valence-electron chi connectivity index (χ1n) is 7.54. The minimum Gasteiger partial charge on any atom is -0.457 e. The fraction of sp³-hybridized carbons (Fsp3) is 0.278. The predicted molar refractivity (Wildman–Crippen MR) is 86.8 cm³/mol. The smallest absolute Gasteiger partial charge is 0.416 e. The van der Waals surface area contributed by atoms with Gasteiger partial charge in [0.15, 0.2) is 0 Å². The molecule has 1 N–H and O–H groups in total. The van der Waals surface area contributed by atoms with Gasteiger partial charge in [-0.25, -0.2) is 0 Å². The third kappa shape index (κ3) is 5.49. The first kappa shape index (κ1) is 18.8. The second-order valence-electron chi connectivity index (χ2n) is 5.49. The Balaban J connectivity index is 2.13. The highest BCUT2D eigenvalue weighted by molar-refractivity contribution is 5.94. The van der Waals surface area contributed by atoms with E-state index in [1.165, 1.54) is 25.3 Å². The molecule has 0 unspecified atom stereocenters. The molecule has 0 aliphatic carbocycles. The molecule has 7 heteroatoms. The molecule has 0 heterocycles. The predicted octanol–water partition coefficient (Wildman–Crippen LogP) is 4.26. The van der Waals surface area contributed by atoms with Crippen LogP contribution >= 0.6 is 0 Å². The molecule has 0 saturated carbocycles. The number of hydrogen-bond acceptors (Lipinski definition) is 3. The van der Waals surface area contributed by atoms with Crippen LogP contribution in [0.15, 0.2) is 48.5 Å². The number of carbonyl (C=O) groups is 1. The van der Waals surface area contributed by atoms with Gasteiger partial charge in [0.1, 0.15) is 11.5 Å². The molecule has 2 aromatic carbocycles. The lowest BCUT2D eigenvalue weighted by molar-refractivity contribution is -0.137. The first-order chi connectivity index (χ1) is 11.8. The lowest BCUT2D eigenvalue weighted by Gasteiger charge is -2.13. The molecule has 0 aliphatic heterocycles. The summed E-state index contributed by atoms with van der Waals surface area (Å²) in [7, 11) is 1.53. The van der Waals surface area contributed by atoms with Crippen LogP contribution in [0, 0.1) is 0 Å². The zero-order valence-corrected chi connectivity index (χ0v) is 13.8. The van der Waals surface area contributed by atoms with Crippen molar-refractivity contribution in [2.45, 2.75) is 19.1 Å². The number of amides is 1. The third-order valence-electron chi connectivity index (χ3n) is 3.29. The van der Waals surface area contributed by atoms with Crippen molar-refractivity contribution in [1.82, 2.24) is 5.32 Å². The van der Waals surface area contributed by atoms with Crippen LogP contribution in [-0.2, 0) is 10.9 Å². The van der Waals surface area contributed by atoms with Crippen molar-refractivity contribution in [2.24, 2.45) is 0 Å². The van der Waals surface area contributed by atoms with Gasteiger partial charge in [-0.2, -0.15) is 13.2 Å². The summed E-state index contributed by atoms with van der Waals surface area (Å²) >= 11 is 0. The van der Waals surface area contributed by atoms with E-state index in [1.807, 2.05) is 0 Å². The molecule has 25 heavy (non-hydrogen) atoms. The molecule has 0 aliphatic rings. The van der Waals surface area contributed by atoms with Gasteiger partial charge in [-0.3, -0.25) is 4.79 Å². The number of nitrogens with one attached hydrogen (secondary N) is 1. The highest BCUT2D eigenvalue weighted by Crippen LogP contribution is 2.32. The lowest BCUT2D eigenvalue weighted by Crippen LogP contribution is -2.35. The summed E-state index contributed by atoms with van der Waals surface area (Å²) < 4.78 is 48.6. The molecule has 1 amide bonds. The molecule has 2 rings (SSSR count). The third-order valence-corrected chi connectivity index (χ3v) is 3.29. The highest BCUT2D eigenvalue weighted by atomic mass is 19.4. The van der Waals surface area contributed by atoms with Crippen molar-refractivity contribution in [3.05, 3.63) is 59.7 Å². The van der Waals surface area contributed by atoms with Crippen molar-refractivity contribution >= 4 is 5.91 Å². The van der Waals surface area contributed by atoms with Crippen LogP contribution in [0.3, 0.4) is 0 Å². The summed E-state index contributed by atoms with van der Waals surface area (Å²) in [6.07, 6.45) is -4.45. The van der Waals surface area contributed by atoms with Crippen LogP contribution in [0.4, 0.5) is 13.2 Å². The van der Waals surface area contributed by atoms with Gasteiger partial charge in [0.2, 0.25) is 0 Å². The number of ether oxygens (including phenoxy) is 2. The van der Waals surface area contributed by atoms with E-state index in [1.54, 1.807) is 25.1 Å². The van der Waals surface area contributed by atoms with E-state index in [9.17, 15) is 18.0 Å². The van der Waals surface area contributed by atoms with Crippen molar-refractivity contribution in [2.75, 3.05) is 13.7 Å². The van der Waals surface area contributed by atoms with Gasteiger partial charge in [-0.1, -0.05) is 12.1 Å². The standard InChI is InChI=1S/C18H18F3NO3/c1-12(11-24-2)22-17(23)13-5-3-7-15(9-13)25-16-8-4-6-14(10-16)18(19,20)21/h3-10,12H,11H2,1-2H3,(H,22,23)/t12-/m1/s1. The number of rotatable bonds is 6. The van der Waals surface area contributed by atoms with Crippen molar-refractivity contribution in [1.29, 1.82) is 0 Å². The summed E-state index contributed by atoms with van der Waals surface area (Å²) in [5.74, 6) is -0.00875. The maximum atomic E-state index is 12.7. The Morgan fingerprint density at radius 1 is 1.12 bits per heavy atom. The van der Waals surface area contributed by atoms with Crippen LogP contribution in [0.5, 0.6) is 11.5 Å². The summed E-state index contributed by atoms with van der Waals surface area (Å²) in [6, 6.07) is 10.6. The summed E-state index contributed by atoms with van der Waals surface area (Å²) in [6.45, 7) is 2.16. The molecule has 0 bridgehead atoms. The average Bonchev–Trinajstić information content (AvgIpc) is 2.55. The minimum absolute atomic E-state index is 0.0418. The Labute approximate surface area is 143 Å². The molecule has 0 aromatic heterocycles. The molecule has 0 radical (unpaired) electrons. The van der Waals surface area contributed by atoms with Gasteiger partial charge in [0.05, 0.1) is 12.2 Å². The van der Waals surface area contributed by atoms with E-state index in [0.29, 0.717) is 12.2 Å². The van der Waals surface area contributed by atoms with E-state index in [0.717, 1.165) is 12.1 Å². The van der Waals surface area contributed by atoms with Gasteiger partial charge in [0, 0.05) is 18.7 Å². The van der Waals surface area contributed by atoms with Crippen LogP contribution in [0.1, 0.15) is 22.8 Å². The van der Waals surface area contributed by atoms with Gasteiger partial charge < -0.3 is 14.8 Å². The van der Waals surface area contributed by atoms with Crippen LogP contribution in [0.25, 0.3) is 0 Å². The molecule has 2 aromatic rings. The van der Waals surface area contributed by atoms with Crippen LogP contribution in [0.2, 0.25) is 0 Å². The zero-order valence-electron chi connectivity index (χ0n) is 13.8. The van der Waals surface area contributed by atoms with E-state index < -0.39 is 11.7 Å². The van der Waals surface area contributed by atoms with E-state index >= 15 is 0 Å². The number of hydrogen-bond donors (Lipinski definition) is 1. The van der Waals surface area contributed by atoms with Gasteiger partial charge >= 0.3 is 6.18 Å². The zero-order chi connectivity index (χ0) is 18.4. The highest BCUT2D eigenvalue weighted by Gasteiger charge is 2.30. The Morgan fingerprint density at radius 2 is 1.76 bits per heavy atom. The quantitative estimate of drug-likeness (QED) is 0.844. The molecule has 0 fully saturated rings. The average molecular weight is 353 g/mol. The number of carbonyl (C=O) groups excluding carboxylic acids is 1. The molecular formula is C18H18F3NO3. The van der Waals surface area contributed by atoms with Gasteiger partial charge in [-0.15, -0.1) is 0 Å². The largest absolute Gasteiger partial charge is 0.457 e. The number of benzene rings is 2. The normalized spacial score (nSPS) is 12.5. The van der Waals surface area contributed by atoms with Crippen LogP contribution < -0.4 is 10.1 Å².